The number of anilines is 1. The molecule has 6 nitrogen and oxygen atoms in total. The predicted octanol–water partition coefficient (Wildman–Crippen LogP) is 3.81. The molecule has 1 saturated carbocycles. The molecule has 0 unspecified atom stereocenters. The van der Waals surface area contributed by atoms with E-state index in [0.29, 0.717) is 23.7 Å². The number of carbonyl (C=O) groups is 1. The SMILES string of the molecule is N#Cc1cccc(NC(=O)CSc2nnc(C3CC3)n2Cc2ccccc2)c1. The zero-order valence-electron chi connectivity index (χ0n) is 15.2. The molecule has 1 amide bonds. The highest BCUT2D eigenvalue weighted by Crippen LogP contribution is 2.40. The van der Waals surface area contributed by atoms with Gasteiger partial charge in [-0.25, -0.2) is 0 Å². The van der Waals surface area contributed by atoms with Crippen LogP contribution in [0, 0.1) is 11.3 Å². The topological polar surface area (TPSA) is 83.6 Å². The first-order valence-electron chi connectivity index (χ1n) is 9.13. The summed E-state index contributed by atoms with van der Waals surface area (Å²) in [4.78, 5) is 12.3. The van der Waals surface area contributed by atoms with Crippen molar-refractivity contribution in [1.82, 2.24) is 14.8 Å². The van der Waals surface area contributed by atoms with E-state index in [2.05, 4.69) is 38.3 Å². The molecular formula is C21H19N5OS. The molecular weight excluding hydrogens is 370 g/mol. The van der Waals surface area contributed by atoms with Gasteiger partial charge in [-0.05, 0) is 36.6 Å². The van der Waals surface area contributed by atoms with E-state index < -0.39 is 0 Å². The van der Waals surface area contributed by atoms with Gasteiger partial charge in [0, 0.05) is 11.6 Å². The van der Waals surface area contributed by atoms with E-state index in [-0.39, 0.29) is 11.7 Å². The number of rotatable bonds is 7. The zero-order chi connectivity index (χ0) is 19.3. The summed E-state index contributed by atoms with van der Waals surface area (Å²) in [6.45, 7) is 0.702. The molecule has 0 spiro atoms. The average Bonchev–Trinajstić information content (AvgIpc) is 3.49. The molecule has 1 aliphatic carbocycles. The van der Waals surface area contributed by atoms with Gasteiger partial charge in [0.15, 0.2) is 5.16 Å². The van der Waals surface area contributed by atoms with Gasteiger partial charge < -0.3 is 9.88 Å². The zero-order valence-corrected chi connectivity index (χ0v) is 16.0. The van der Waals surface area contributed by atoms with E-state index in [1.54, 1.807) is 24.3 Å². The summed E-state index contributed by atoms with van der Waals surface area (Å²) >= 11 is 1.38. The van der Waals surface area contributed by atoms with Crippen molar-refractivity contribution in [2.45, 2.75) is 30.5 Å². The number of carbonyl (C=O) groups excluding carboxylic acids is 1. The van der Waals surface area contributed by atoms with Gasteiger partial charge >= 0.3 is 0 Å². The Labute approximate surface area is 167 Å². The molecule has 2 aromatic carbocycles. The lowest BCUT2D eigenvalue weighted by Crippen LogP contribution is -2.15. The summed E-state index contributed by atoms with van der Waals surface area (Å²) in [5.74, 6) is 1.58. The van der Waals surface area contributed by atoms with Crippen LogP contribution in [0.4, 0.5) is 5.69 Å². The van der Waals surface area contributed by atoms with Gasteiger partial charge in [0.2, 0.25) is 5.91 Å². The standard InChI is InChI=1S/C21H19N5OS/c22-12-16-7-4-8-18(11-16)23-19(27)14-28-21-25-24-20(17-9-10-17)26(21)13-15-5-2-1-3-6-15/h1-8,11,17H,9-10,13-14H2,(H,23,27). The first kappa shape index (κ1) is 18.3. The Balaban J connectivity index is 1.44. The van der Waals surface area contributed by atoms with Crippen LogP contribution in [0.2, 0.25) is 0 Å². The number of benzene rings is 2. The molecule has 1 aromatic heterocycles. The molecule has 0 aliphatic heterocycles. The van der Waals surface area contributed by atoms with E-state index in [1.165, 1.54) is 17.3 Å². The van der Waals surface area contributed by atoms with Crippen LogP contribution in [0.15, 0.2) is 59.8 Å². The highest BCUT2D eigenvalue weighted by atomic mass is 32.2. The lowest BCUT2D eigenvalue weighted by Gasteiger charge is -2.10. The minimum absolute atomic E-state index is 0.137. The van der Waals surface area contributed by atoms with Crippen molar-refractivity contribution in [3.8, 4) is 6.07 Å². The van der Waals surface area contributed by atoms with E-state index in [9.17, 15) is 4.79 Å². The molecule has 0 bridgehead atoms. The van der Waals surface area contributed by atoms with Crippen LogP contribution in [0.3, 0.4) is 0 Å². The number of nitrogens with zero attached hydrogens (tertiary/aromatic N) is 4. The fraction of sp³-hybridized carbons (Fsp3) is 0.238. The minimum atomic E-state index is -0.137. The Morgan fingerprint density at radius 2 is 2.00 bits per heavy atom. The largest absolute Gasteiger partial charge is 0.325 e. The highest BCUT2D eigenvalue weighted by Gasteiger charge is 2.30. The second-order valence-electron chi connectivity index (χ2n) is 6.72. The number of aromatic nitrogens is 3. The second kappa shape index (κ2) is 8.28. The minimum Gasteiger partial charge on any atom is -0.325 e. The Kier molecular flexibility index (Phi) is 5.40. The quantitative estimate of drug-likeness (QED) is 0.621. The Morgan fingerprint density at radius 3 is 2.75 bits per heavy atom. The number of nitrogens with one attached hydrogen (secondary N) is 1. The van der Waals surface area contributed by atoms with Crippen molar-refractivity contribution in [1.29, 1.82) is 5.26 Å². The Morgan fingerprint density at radius 1 is 1.18 bits per heavy atom. The van der Waals surface area contributed by atoms with E-state index in [4.69, 9.17) is 5.26 Å². The van der Waals surface area contributed by atoms with Crippen molar-refractivity contribution in [2.75, 3.05) is 11.1 Å². The molecule has 3 aromatic rings. The van der Waals surface area contributed by atoms with Crippen molar-refractivity contribution in [3.63, 3.8) is 0 Å². The first-order valence-corrected chi connectivity index (χ1v) is 10.1. The molecule has 0 radical (unpaired) electrons. The number of hydrogen-bond donors (Lipinski definition) is 1. The van der Waals surface area contributed by atoms with Gasteiger partial charge in [-0.2, -0.15) is 5.26 Å². The van der Waals surface area contributed by atoms with Gasteiger partial charge in [0.05, 0.1) is 23.9 Å². The number of hydrogen-bond acceptors (Lipinski definition) is 5. The summed E-state index contributed by atoms with van der Waals surface area (Å²) in [6, 6.07) is 19.2. The maximum atomic E-state index is 12.3. The van der Waals surface area contributed by atoms with Crippen LogP contribution in [-0.4, -0.2) is 26.4 Å². The first-order chi connectivity index (χ1) is 13.7. The fourth-order valence-corrected chi connectivity index (χ4v) is 3.70. The third-order valence-corrected chi connectivity index (χ3v) is 5.45. The highest BCUT2D eigenvalue weighted by molar-refractivity contribution is 7.99. The predicted molar refractivity (Wildman–Crippen MR) is 108 cm³/mol. The molecule has 1 aliphatic rings. The number of nitriles is 1. The molecule has 0 saturated heterocycles. The van der Waals surface area contributed by atoms with Crippen LogP contribution in [-0.2, 0) is 11.3 Å². The van der Waals surface area contributed by atoms with Crippen LogP contribution in [0.5, 0.6) is 0 Å². The lowest BCUT2D eigenvalue weighted by molar-refractivity contribution is -0.113. The van der Waals surface area contributed by atoms with Gasteiger partial charge in [0.1, 0.15) is 5.82 Å². The molecule has 1 fully saturated rings. The molecule has 4 rings (SSSR count). The molecule has 28 heavy (non-hydrogen) atoms. The van der Waals surface area contributed by atoms with Gasteiger partial charge in [-0.1, -0.05) is 48.2 Å². The molecule has 1 heterocycles. The Hall–Kier alpha value is -3.11. The van der Waals surface area contributed by atoms with E-state index in [1.807, 2.05) is 18.2 Å². The van der Waals surface area contributed by atoms with Crippen LogP contribution < -0.4 is 5.32 Å². The molecule has 0 atom stereocenters. The summed E-state index contributed by atoms with van der Waals surface area (Å²) in [5, 5.41) is 21.3. The normalized spacial score (nSPS) is 13.1. The fourth-order valence-electron chi connectivity index (χ4n) is 2.96. The summed E-state index contributed by atoms with van der Waals surface area (Å²) < 4.78 is 2.13. The van der Waals surface area contributed by atoms with Crippen molar-refractivity contribution in [2.24, 2.45) is 0 Å². The summed E-state index contributed by atoms with van der Waals surface area (Å²) in [6.07, 6.45) is 2.29. The van der Waals surface area contributed by atoms with Gasteiger partial charge in [-0.3, -0.25) is 4.79 Å². The number of amides is 1. The monoisotopic (exact) mass is 389 g/mol. The lowest BCUT2D eigenvalue weighted by atomic mass is 10.2. The maximum absolute atomic E-state index is 12.3. The molecule has 7 heteroatoms. The van der Waals surface area contributed by atoms with Crippen molar-refractivity contribution >= 4 is 23.4 Å². The second-order valence-corrected chi connectivity index (χ2v) is 7.66. The van der Waals surface area contributed by atoms with Gasteiger partial charge in [-0.15, -0.1) is 10.2 Å². The number of thioether (sulfide) groups is 1. The van der Waals surface area contributed by atoms with E-state index in [0.717, 1.165) is 23.8 Å². The van der Waals surface area contributed by atoms with Crippen LogP contribution >= 0.6 is 11.8 Å². The smallest absolute Gasteiger partial charge is 0.234 e. The summed E-state index contributed by atoms with van der Waals surface area (Å²) in [5.41, 5.74) is 2.32. The van der Waals surface area contributed by atoms with Crippen LogP contribution in [0.1, 0.15) is 35.7 Å². The van der Waals surface area contributed by atoms with Gasteiger partial charge in [0.25, 0.3) is 0 Å². The molecule has 140 valence electrons. The maximum Gasteiger partial charge on any atom is 0.234 e. The molecule has 1 N–H and O–H groups in total. The van der Waals surface area contributed by atoms with Crippen LogP contribution in [0.25, 0.3) is 0 Å². The van der Waals surface area contributed by atoms with Crippen molar-refractivity contribution < 1.29 is 4.79 Å². The van der Waals surface area contributed by atoms with E-state index >= 15 is 0 Å². The average molecular weight is 389 g/mol. The summed E-state index contributed by atoms with van der Waals surface area (Å²) in [7, 11) is 0. The third-order valence-electron chi connectivity index (χ3n) is 4.48. The Bertz CT molecular complexity index is 1020. The van der Waals surface area contributed by atoms with Crippen molar-refractivity contribution in [3.05, 3.63) is 71.5 Å². The third kappa shape index (κ3) is 4.41.